The zero-order valence-corrected chi connectivity index (χ0v) is 11.0. The van der Waals surface area contributed by atoms with Crippen LogP contribution in [0.15, 0.2) is 11.6 Å². The Bertz CT molecular complexity index is 285. The lowest BCUT2D eigenvalue weighted by molar-refractivity contribution is 0.227. The fraction of sp³-hybridized carbons (Fsp3) is 0.750. The average molecular weight is 239 g/mol. The average Bonchev–Trinajstić information content (AvgIpc) is 2.88. The van der Waals surface area contributed by atoms with Gasteiger partial charge in [0.05, 0.1) is 6.04 Å². The van der Waals surface area contributed by atoms with E-state index in [1.807, 2.05) is 13.2 Å². The lowest BCUT2D eigenvalue weighted by Gasteiger charge is -2.26. The minimum Gasteiger partial charge on any atom is -0.319 e. The number of hydrogen-bond donors (Lipinski definition) is 1. The molecule has 0 bridgehead atoms. The standard InChI is InChI=1S/C12H21N3S/c1-3-6-15-7-4-10(9-13-2)11(15)12-14-5-8-16-12/h5,8,10-11,13H,3-4,6-7,9H2,1-2H3. The molecular formula is C12H21N3S. The van der Waals surface area contributed by atoms with Gasteiger partial charge in [-0.25, -0.2) is 4.98 Å². The molecule has 2 heterocycles. The Morgan fingerprint density at radius 2 is 2.50 bits per heavy atom. The van der Waals surface area contributed by atoms with Crippen LogP contribution in [0, 0.1) is 5.92 Å². The van der Waals surface area contributed by atoms with E-state index < -0.39 is 0 Å². The summed E-state index contributed by atoms with van der Waals surface area (Å²) in [5.74, 6) is 0.725. The molecule has 0 amide bonds. The largest absolute Gasteiger partial charge is 0.319 e. The van der Waals surface area contributed by atoms with E-state index in [0.717, 1.165) is 12.5 Å². The van der Waals surface area contributed by atoms with Crippen molar-refractivity contribution in [2.45, 2.75) is 25.8 Å². The van der Waals surface area contributed by atoms with Crippen LogP contribution in [0.25, 0.3) is 0 Å². The summed E-state index contributed by atoms with van der Waals surface area (Å²) in [6, 6.07) is 0.549. The first-order chi connectivity index (χ1) is 7.86. The molecule has 1 aliphatic heterocycles. The summed E-state index contributed by atoms with van der Waals surface area (Å²) in [4.78, 5) is 7.11. The molecule has 1 N–H and O–H groups in total. The van der Waals surface area contributed by atoms with E-state index in [4.69, 9.17) is 0 Å². The molecule has 0 spiro atoms. The molecular weight excluding hydrogens is 218 g/mol. The first kappa shape index (κ1) is 12.0. The Hall–Kier alpha value is -0.450. The lowest BCUT2D eigenvalue weighted by atomic mass is 10.0. The first-order valence-corrected chi connectivity index (χ1v) is 7.02. The molecule has 1 aromatic heterocycles. The van der Waals surface area contributed by atoms with Gasteiger partial charge in [0, 0.05) is 11.6 Å². The predicted molar refractivity (Wildman–Crippen MR) is 68.8 cm³/mol. The summed E-state index contributed by atoms with van der Waals surface area (Å²) in [5.41, 5.74) is 0. The maximum Gasteiger partial charge on any atom is 0.110 e. The minimum atomic E-state index is 0.549. The van der Waals surface area contributed by atoms with Gasteiger partial charge in [-0.2, -0.15) is 0 Å². The third kappa shape index (κ3) is 2.44. The molecule has 4 heteroatoms. The third-order valence-corrected chi connectivity index (χ3v) is 4.15. The molecule has 2 unspecified atom stereocenters. The van der Waals surface area contributed by atoms with Crippen LogP contribution in [-0.2, 0) is 0 Å². The Balaban J connectivity index is 2.12. The zero-order valence-electron chi connectivity index (χ0n) is 10.1. The summed E-state index contributed by atoms with van der Waals surface area (Å²) in [7, 11) is 2.04. The van der Waals surface area contributed by atoms with E-state index >= 15 is 0 Å². The van der Waals surface area contributed by atoms with E-state index in [1.165, 1.54) is 30.9 Å². The summed E-state index contributed by atoms with van der Waals surface area (Å²) in [6.45, 7) is 5.78. The Morgan fingerprint density at radius 1 is 1.62 bits per heavy atom. The topological polar surface area (TPSA) is 28.2 Å². The van der Waals surface area contributed by atoms with Crippen molar-refractivity contribution in [2.75, 3.05) is 26.7 Å². The molecule has 16 heavy (non-hydrogen) atoms. The van der Waals surface area contributed by atoms with Gasteiger partial charge in [0.1, 0.15) is 5.01 Å². The molecule has 1 aromatic rings. The second-order valence-electron chi connectivity index (χ2n) is 4.46. The van der Waals surface area contributed by atoms with Crippen molar-refractivity contribution in [1.29, 1.82) is 0 Å². The Morgan fingerprint density at radius 3 is 3.12 bits per heavy atom. The molecule has 2 rings (SSSR count). The van der Waals surface area contributed by atoms with Gasteiger partial charge in [-0.3, -0.25) is 4.90 Å². The molecule has 3 nitrogen and oxygen atoms in total. The maximum absolute atomic E-state index is 4.51. The molecule has 90 valence electrons. The van der Waals surface area contributed by atoms with E-state index in [-0.39, 0.29) is 0 Å². The van der Waals surface area contributed by atoms with Crippen LogP contribution in [0.4, 0.5) is 0 Å². The zero-order chi connectivity index (χ0) is 11.4. The van der Waals surface area contributed by atoms with Crippen molar-refractivity contribution >= 4 is 11.3 Å². The normalized spacial score (nSPS) is 26.4. The number of hydrogen-bond acceptors (Lipinski definition) is 4. The summed E-state index contributed by atoms with van der Waals surface area (Å²) in [5, 5.41) is 6.70. The van der Waals surface area contributed by atoms with Gasteiger partial charge in [-0.05, 0) is 45.4 Å². The number of nitrogens with one attached hydrogen (secondary N) is 1. The van der Waals surface area contributed by atoms with Crippen LogP contribution < -0.4 is 5.32 Å². The predicted octanol–water partition coefficient (Wildman–Crippen LogP) is 2.14. The van der Waals surface area contributed by atoms with Gasteiger partial charge in [0.25, 0.3) is 0 Å². The highest BCUT2D eigenvalue weighted by atomic mass is 32.1. The highest BCUT2D eigenvalue weighted by Gasteiger charge is 2.35. The molecule has 0 aromatic carbocycles. The SMILES string of the molecule is CCCN1CCC(CNC)C1c1nccs1. The molecule has 1 fully saturated rings. The Kier molecular flexibility index (Phi) is 4.32. The quantitative estimate of drug-likeness (QED) is 0.853. The van der Waals surface area contributed by atoms with Crippen LogP contribution >= 0.6 is 11.3 Å². The van der Waals surface area contributed by atoms with Gasteiger partial charge >= 0.3 is 0 Å². The number of aromatic nitrogens is 1. The Labute approximate surface area is 102 Å². The molecule has 0 aliphatic carbocycles. The molecule has 0 radical (unpaired) electrons. The fourth-order valence-corrected chi connectivity index (χ4v) is 3.54. The molecule has 1 saturated heterocycles. The highest BCUT2D eigenvalue weighted by molar-refractivity contribution is 7.09. The smallest absolute Gasteiger partial charge is 0.110 e. The number of nitrogens with zero attached hydrogens (tertiary/aromatic N) is 2. The van der Waals surface area contributed by atoms with Gasteiger partial charge < -0.3 is 5.32 Å². The van der Waals surface area contributed by atoms with E-state index in [1.54, 1.807) is 11.3 Å². The van der Waals surface area contributed by atoms with Gasteiger partial charge in [0.15, 0.2) is 0 Å². The van der Waals surface area contributed by atoms with Crippen LogP contribution in [0.3, 0.4) is 0 Å². The maximum atomic E-state index is 4.51. The molecule has 2 atom stereocenters. The van der Waals surface area contributed by atoms with Gasteiger partial charge in [0.2, 0.25) is 0 Å². The van der Waals surface area contributed by atoms with Crippen LogP contribution in [-0.4, -0.2) is 36.6 Å². The summed E-state index contributed by atoms with van der Waals surface area (Å²) >= 11 is 1.80. The van der Waals surface area contributed by atoms with Crippen molar-refractivity contribution < 1.29 is 0 Å². The third-order valence-electron chi connectivity index (χ3n) is 3.31. The lowest BCUT2D eigenvalue weighted by Crippen LogP contribution is -2.29. The molecule has 1 aliphatic rings. The second kappa shape index (κ2) is 5.75. The first-order valence-electron chi connectivity index (χ1n) is 6.14. The van der Waals surface area contributed by atoms with Crippen molar-refractivity contribution in [1.82, 2.24) is 15.2 Å². The van der Waals surface area contributed by atoms with Crippen molar-refractivity contribution in [2.24, 2.45) is 5.92 Å². The minimum absolute atomic E-state index is 0.549. The van der Waals surface area contributed by atoms with E-state index in [9.17, 15) is 0 Å². The van der Waals surface area contributed by atoms with Crippen molar-refractivity contribution in [3.8, 4) is 0 Å². The van der Waals surface area contributed by atoms with E-state index in [0.29, 0.717) is 6.04 Å². The number of likely N-dealkylation sites (tertiary alicyclic amines) is 1. The van der Waals surface area contributed by atoms with Gasteiger partial charge in [-0.1, -0.05) is 6.92 Å². The highest BCUT2D eigenvalue weighted by Crippen LogP contribution is 2.37. The van der Waals surface area contributed by atoms with Crippen LogP contribution in [0.5, 0.6) is 0 Å². The number of rotatable bonds is 5. The van der Waals surface area contributed by atoms with Crippen molar-refractivity contribution in [3.63, 3.8) is 0 Å². The summed E-state index contributed by atoms with van der Waals surface area (Å²) in [6.07, 6.45) is 4.46. The number of thiazole rings is 1. The van der Waals surface area contributed by atoms with Crippen LogP contribution in [0.2, 0.25) is 0 Å². The van der Waals surface area contributed by atoms with Gasteiger partial charge in [-0.15, -0.1) is 11.3 Å². The second-order valence-corrected chi connectivity index (χ2v) is 5.38. The summed E-state index contributed by atoms with van der Waals surface area (Å²) < 4.78 is 0. The monoisotopic (exact) mass is 239 g/mol. The fourth-order valence-electron chi connectivity index (χ4n) is 2.68. The van der Waals surface area contributed by atoms with Crippen LogP contribution in [0.1, 0.15) is 30.8 Å². The molecule has 0 saturated carbocycles. The van der Waals surface area contributed by atoms with Crippen molar-refractivity contribution in [3.05, 3.63) is 16.6 Å². The van der Waals surface area contributed by atoms with E-state index in [2.05, 4.69) is 27.5 Å².